The monoisotopic (exact) mass is 493 g/mol. The van der Waals surface area contributed by atoms with Gasteiger partial charge in [0.05, 0.1) is 25.4 Å². The van der Waals surface area contributed by atoms with Gasteiger partial charge in [-0.1, -0.05) is 25.1 Å². The number of hydrogen-bond acceptors (Lipinski definition) is 7. The van der Waals surface area contributed by atoms with E-state index >= 15 is 0 Å². The van der Waals surface area contributed by atoms with Crippen molar-refractivity contribution in [3.05, 3.63) is 72.2 Å². The summed E-state index contributed by atoms with van der Waals surface area (Å²) in [5, 5.41) is 9.82. The zero-order valence-corrected chi connectivity index (χ0v) is 20.3. The molecule has 1 N–H and O–H groups in total. The van der Waals surface area contributed by atoms with Crippen LogP contribution in [0.3, 0.4) is 0 Å². The van der Waals surface area contributed by atoms with Crippen LogP contribution in [0.25, 0.3) is 11.1 Å². The second-order valence-corrected chi connectivity index (χ2v) is 8.96. The number of amides is 2. The number of benzene rings is 1. The van der Waals surface area contributed by atoms with Gasteiger partial charge in [0.25, 0.3) is 11.8 Å². The van der Waals surface area contributed by atoms with Gasteiger partial charge in [0, 0.05) is 49.2 Å². The number of aliphatic hydroxyl groups excluding tert-OH is 1. The first-order valence-corrected chi connectivity index (χ1v) is 11.6. The molecule has 1 aromatic carbocycles. The van der Waals surface area contributed by atoms with E-state index in [1.54, 1.807) is 43.1 Å². The zero-order valence-electron chi connectivity index (χ0n) is 20.3. The lowest BCUT2D eigenvalue weighted by atomic mass is 9.99. The van der Waals surface area contributed by atoms with Gasteiger partial charge in [0.15, 0.2) is 0 Å². The van der Waals surface area contributed by atoms with Crippen LogP contribution in [0.2, 0.25) is 0 Å². The molecular formula is C26H28FN5O4. The summed E-state index contributed by atoms with van der Waals surface area (Å²) in [5.41, 5.74) is 1.11. The Morgan fingerprint density at radius 2 is 2.03 bits per heavy atom. The first-order chi connectivity index (χ1) is 17.3. The zero-order chi connectivity index (χ0) is 25.8. The smallest absolute Gasteiger partial charge is 0.273 e. The Morgan fingerprint density at radius 3 is 2.72 bits per heavy atom. The van der Waals surface area contributed by atoms with Gasteiger partial charge in [0.1, 0.15) is 23.2 Å². The Hall–Kier alpha value is -3.92. The summed E-state index contributed by atoms with van der Waals surface area (Å²) >= 11 is 0. The number of aliphatic hydroxyl groups is 1. The van der Waals surface area contributed by atoms with E-state index in [-0.39, 0.29) is 54.6 Å². The highest BCUT2D eigenvalue weighted by Crippen LogP contribution is 2.31. The van der Waals surface area contributed by atoms with Crippen LogP contribution < -0.4 is 4.74 Å². The van der Waals surface area contributed by atoms with E-state index in [0.29, 0.717) is 11.1 Å². The molecule has 0 unspecified atom stereocenters. The van der Waals surface area contributed by atoms with Crippen molar-refractivity contribution in [2.45, 2.75) is 26.0 Å². The number of halogens is 1. The Labute approximate surface area is 208 Å². The van der Waals surface area contributed by atoms with Crippen LogP contribution in [-0.2, 0) is 0 Å². The van der Waals surface area contributed by atoms with Gasteiger partial charge in [-0.15, -0.1) is 0 Å². The predicted molar refractivity (Wildman–Crippen MR) is 130 cm³/mol. The summed E-state index contributed by atoms with van der Waals surface area (Å²) < 4.78 is 20.7. The lowest BCUT2D eigenvalue weighted by Crippen LogP contribution is -2.50. The summed E-state index contributed by atoms with van der Waals surface area (Å²) in [5.74, 6) is -1.24. The second-order valence-electron chi connectivity index (χ2n) is 8.96. The average molecular weight is 494 g/mol. The van der Waals surface area contributed by atoms with Crippen molar-refractivity contribution in [3.63, 3.8) is 0 Å². The molecule has 188 valence electrons. The Morgan fingerprint density at radius 1 is 1.25 bits per heavy atom. The molecule has 1 aliphatic heterocycles. The van der Waals surface area contributed by atoms with Crippen molar-refractivity contribution < 1.29 is 23.8 Å². The third-order valence-corrected chi connectivity index (χ3v) is 6.29. The van der Waals surface area contributed by atoms with Crippen molar-refractivity contribution in [2.24, 2.45) is 5.92 Å². The Bertz CT molecular complexity index is 1240. The Kier molecular flexibility index (Phi) is 7.54. The highest BCUT2D eigenvalue weighted by molar-refractivity contribution is 5.98. The number of hydrogen-bond donors (Lipinski definition) is 1. The molecule has 36 heavy (non-hydrogen) atoms. The average Bonchev–Trinajstić information content (AvgIpc) is 2.90. The molecular weight excluding hydrogens is 465 g/mol. The maximum absolute atomic E-state index is 14.4. The molecule has 3 heterocycles. The van der Waals surface area contributed by atoms with Gasteiger partial charge in [0.2, 0.25) is 5.88 Å². The lowest BCUT2D eigenvalue weighted by Gasteiger charge is -2.37. The van der Waals surface area contributed by atoms with Crippen molar-refractivity contribution >= 4 is 11.8 Å². The van der Waals surface area contributed by atoms with Gasteiger partial charge in [-0.25, -0.2) is 14.4 Å². The molecule has 4 rings (SSSR count). The number of carbonyl (C=O) groups is 2. The van der Waals surface area contributed by atoms with Crippen LogP contribution in [0.5, 0.6) is 5.88 Å². The third-order valence-electron chi connectivity index (χ3n) is 6.29. The summed E-state index contributed by atoms with van der Waals surface area (Å²) in [7, 11) is 1.64. The second kappa shape index (κ2) is 10.8. The number of pyridine rings is 1. The summed E-state index contributed by atoms with van der Waals surface area (Å²) in [6.45, 7) is 3.91. The summed E-state index contributed by atoms with van der Waals surface area (Å²) in [6, 6.07) is 7.33. The van der Waals surface area contributed by atoms with Gasteiger partial charge >= 0.3 is 0 Å². The van der Waals surface area contributed by atoms with Crippen LogP contribution >= 0.6 is 0 Å². The van der Waals surface area contributed by atoms with Gasteiger partial charge in [-0.2, -0.15) is 0 Å². The molecule has 3 aromatic rings. The maximum Gasteiger partial charge on any atom is 0.273 e. The van der Waals surface area contributed by atoms with Crippen LogP contribution in [0, 0.1) is 11.7 Å². The molecule has 2 amide bonds. The van der Waals surface area contributed by atoms with Crippen molar-refractivity contribution in [3.8, 4) is 17.0 Å². The molecule has 0 fully saturated rings. The number of ether oxygens (including phenoxy) is 1. The van der Waals surface area contributed by atoms with Gasteiger partial charge < -0.3 is 19.6 Å². The summed E-state index contributed by atoms with van der Waals surface area (Å²) in [6.07, 6.45) is 5.27. The number of nitrogens with zero attached hydrogens (tertiary/aromatic N) is 5. The molecule has 0 radical (unpaired) electrons. The number of carbonyl (C=O) groups excluding carboxylic acids is 2. The van der Waals surface area contributed by atoms with Crippen LogP contribution in [-0.4, -0.2) is 80.6 Å². The van der Waals surface area contributed by atoms with Crippen LogP contribution in [0.1, 0.15) is 34.7 Å². The first kappa shape index (κ1) is 25.2. The molecule has 0 spiro atoms. The van der Waals surface area contributed by atoms with E-state index < -0.39 is 18.0 Å². The van der Waals surface area contributed by atoms with E-state index in [1.165, 1.54) is 35.8 Å². The lowest BCUT2D eigenvalue weighted by molar-refractivity contribution is 0.0312. The van der Waals surface area contributed by atoms with Crippen LogP contribution in [0.4, 0.5) is 4.39 Å². The van der Waals surface area contributed by atoms with E-state index in [9.17, 15) is 19.1 Å². The molecule has 3 atom stereocenters. The summed E-state index contributed by atoms with van der Waals surface area (Å²) in [4.78, 5) is 41.8. The largest absolute Gasteiger partial charge is 0.472 e. The third kappa shape index (κ3) is 5.18. The minimum Gasteiger partial charge on any atom is -0.472 e. The molecule has 1 aliphatic rings. The van der Waals surface area contributed by atoms with E-state index in [1.807, 2.05) is 6.92 Å². The fourth-order valence-electron chi connectivity index (χ4n) is 4.12. The fraction of sp³-hybridized carbons (Fsp3) is 0.346. The van der Waals surface area contributed by atoms with Crippen molar-refractivity contribution in [1.29, 1.82) is 0 Å². The molecule has 0 bridgehead atoms. The predicted octanol–water partition coefficient (Wildman–Crippen LogP) is 2.67. The van der Waals surface area contributed by atoms with Crippen molar-refractivity contribution in [1.82, 2.24) is 24.8 Å². The standard InChI is InChI=1S/C26H28FN5O4/c1-16-13-32(17(2)15-33)25(34)20-10-18(19-6-4-5-7-21(19)27)11-30-24(20)36-23(16)14-31(3)26(35)22-12-28-8-9-29-22/h4-12,16-17,23,33H,13-15H2,1-3H3/t16-,17+,23-/m0/s1. The topological polar surface area (TPSA) is 109 Å². The molecule has 10 heteroatoms. The quantitative estimate of drug-likeness (QED) is 0.562. The highest BCUT2D eigenvalue weighted by atomic mass is 19.1. The molecule has 0 aliphatic carbocycles. The molecule has 0 saturated carbocycles. The van der Waals surface area contributed by atoms with E-state index in [2.05, 4.69) is 15.0 Å². The van der Waals surface area contributed by atoms with Crippen molar-refractivity contribution in [2.75, 3.05) is 26.7 Å². The minimum absolute atomic E-state index is 0.0899. The van der Waals surface area contributed by atoms with Gasteiger partial charge in [-0.05, 0) is 19.1 Å². The molecule has 2 aromatic heterocycles. The van der Waals surface area contributed by atoms with E-state index in [0.717, 1.165) is 0 Å². The number of aromatic nitrogens is 3. The number of fused-ring (bicyclic) bond motifs is 1. The van der Waals surface area contributed by atoms with Gasteiger partial charge in [-0.3, -0.25) is 14.6 Å². The number of rotatable bonds is 6. The minimum atomic E-state index is -0.525. The fourth-order valence-corrected chi connectivity index (χ4v) is 4.12. The maximum atomic E-state index is 14.4. The Balaban J connectivity index is 1.70. The normalized spacial score (nSPS) is 18.5. The molecule has 9 nitrogen and oxygen atoms in total. The van der Waals surface area contributed by atoms with E-state index in [4.69, 9.17) is 4.74 Å². The number of likely N-dealkylation sites (N-methyl/N-ethyl adjacent to an activating group) is 1. The first-order valence-electron chi connectivity index (χ1n) is 11.6. The highest BCUT2D eigenvalue weighted by Gasteiger charge is 2.35. The SMILES string of the molecule is C[C@H](CO)N1C[C@H](C)[C@H](CN(C)C(=O)c2cnccn2)Oc2ncc(-c3ccccc3F)cc2C1=O. The van der Waals surface area contributed by atoms with Crippen LogP contribution in [0.15, 0.2) is 55.1 Å². The molecule has 0 saturated heterocycles.